The highest BCUT2D eigenvalue weighted by Gasteiger charge is 2.31. The molecule has 9 heteroatoms. The molecule has 2 aromatic carbocycles. The normalized spacial score (nSPS) is 12.3. The molecule has 0 saturated heterocycles. The molecule has 43 heavy (non-hydrogen) atoms. The molecule has 5 rings (SSSR count). The molecule has 0 aliphatic carbocycles. The van der Waals surface area contributed by atoms with Crippen molar-refractivity contribution in [3.63, 3.8) is 0 Å². The van der Waals surface area contributed by atoms with E-state index >= 15 is 0 Å². The number of benzene rings is 2. The van der Waals surface area contributed by atoms with Crippen LogP contribution in [-0.4, -0.2) is 42.5 Å². The number of aryl methyl sites for hydroxylation is 2. The Bertz CT molecular complexity index is 1720. The number of aromatic nitrogens is 4. The van der Waals surface area contributed by atoms with Crippen LogP contribution >= 0.6 is 11.8 Å². The Morgan fingerprint density at radius 1 is 0.977 bits per heavy atom. The summed E-state index contributed by atoms with van der Waals surface area (Å²) in [5.41, 5.74) is 5.44. The number of ether oxygens (including phenoxy) is 2. The highest BCUT2D eigenvalue weighted by atomic mass is 32.2. The lowest BCUT2D eigenvalue weighted by atomic mass is 9.95. The van der Waals surface area contributed by atoms with E-state index in [2.05, 4.69) is 35.7 Å². The molecule has 1 unspecified atom stereocenters. The Kier molecular flexibility index (Phi) is 8.73. The molecule has 1 atom stereocenters. The Morgan fingerprint density at radius 3 is 2.30 bits per heavy atom. The fourth-order valence-corrected chi connectivity index (χ4v) is 6.21. The van der Waals surface area contributed by atoms with Crippen LogP contribution in [0, 0.1) is 6.92 Å². The smallest absolute Gasteiger partial charge is 0.312 e. The van der Waals surface area contributed by atoms with Crippen molar-refractivity contribution in [3.05, 3.63) is 95.7 Å². The summed E-state index contributed by atoms with van der Waals surface area (Å²) in [6.07, 6.45) is 5.42. The number of carbonyl (C=O) groups is 1. The molecule has 0 spiro atoms. The Hall–Kier alpha value is -4.37. The van der Waals surface area contributed by atoms with Crippen LogP contribution in [0.2, 0.25) is 0 Å². The minimum atomic E-state index is -0.869. The minimum absolute atomic E-state index is 0.144. The fraction of sp³-hybridized carbons (Fsp3) is 0.294. The topological polar surface area (TPSA) is 99.4 Å². The number of aliphatic carboxylic acids is 1. The summed E-state index contributed by atoms with van der Waals surface area (Å²) in [6.45, 7) is 8.77. The summed E-state index contributed by atoms with van der Waals surface area (Å²) in [5, 5.41) is 11.5. The zero-order valence-corrected chi connectivity index (χ0v) is 26.1. The summed E-state index contributed by atoms with van der Waals surface area (Å²) < 4.78 is 13.2. The number of rotatable bonds is 10. The maximum Gasteiger partial charge on any atom is 0.312 e. The third kappa shape index (κ3) is 7.00. The lowest BCUT2D eigenvalue weighted by Gasteiger charge is -2.22. The number of hydrogen-bond acceptors (Lipinski definition) is 7. The molecule has 0 radical (unpaired) electrons. The van der Waals surface area contributed by atoms with Gasteiger partial charge in [0.25, 0.3) is 0 Å². The number of fused-ring (bicyclic) bond motifs is 1. The van der Waals surface area contributed by atoms with Crippen LogP contribution in [0.3, 0.4) is 0 Å². The van der Waals surface area contributed by atoms with E-state index in [4.69, 9.17) is 9.47 Å². The third-order valence-electron chi connectivity index (χ3n) is 7.08. The first-order valence-electron chi connectivity index (χ1n) is 14.1. The predicted octanol–water partition coefficient (Wildman–Crippen LogP) is 7.23. The molecule has 1 N–H and O–H groups in total. The van der Waals surface area contributed by atoms with Crippen LogP contribution in [0.5, 0.6) is 11.5 Å². The number of carboxylic acid groups (broad SMARTS) is 1. The molecular weight excluding hydrogens is 560 g/mol. The third-order valence-corrected chi connectivity index (χ3v) is 8.33. The standard InChI is InChI=1S/C34H36N4O4S/c1-21-7-12-24(35-17-21)20-42-25-13-14-29-27(16-25)31(43-34(2,3)4)30(38(29)5)28(33(39)40)15-22-8-10-23(11-9-22)32-36-18-26(41-6)19-37-32/h7-14,16-19,28H,15,20H2,1-6H3,(H,39,40). The summed E-state index contributed by atoms with van der Waals surface area (Å²) in [5.74, 6) is 0.255. The van der Waals surface area contributed by atoms with Crippen LogP contribution in [0.1, 0.15) is 49.2 Å². The average Bonchev–Trinajstić information content (AvgIpc) is 3.24. The molecule has 0 aliphatic heterocycles. The first-order chi connectivity index (χ1) is 20.5. The maximum absolute atomic E-state index is 12.9. The van der Waals surface area contributed by atoms with Gasteiger partial charge in [0.05, 0.1) is 25.2 Å². The molecule has 0 bridgehead atoms. The molecule has 5 aromatic rings. The first kappa shape index (κ1) is 30.1. The lowest BCUT2D eigenvalue weighted by Crippen LogP contribution is -2.19. The van der Waals surface area contributed by atoms with E-state index in [0.29, 0.717) is 30.4 Å². The van der Waals surface area contributed by atoms with E-state index in [-0.39, 0.29) is 4.75 Å². The predicted molar refractivity (Wildman–Crippen MR) is 170 cm³/mol. The van der Waals surface area contributed by atoms with E-state index in [0.717, 1.165) is 43.9 Å². The lowest BCUT2D eigenvalue weighted by molar-refractivity contribution is -0.139. The fourth-order valence-electron chi connectivity index (χ4n) is 4.94. The van der Waals surface area contributed by atoms with Crippen molar-refractivity contribution in [1.29, 1.82) is 0 Å². The molecule has 8 nitrogen and oxygen atoms in total. The second-order valence-corrected chi connectivity index (χ2v) is 13.4. The van der Waals surface area contributed by atoms with E-state index in [1.807, 2.05) is 79.3 Å². The van der Waals surface area contributed by atoms with Crippen LogP contribution in [-0.2, 0) is 24.9 Å². The maximum atomic E-state index is 12.9. The van der Waals surface area contributed by atoms with Gasteiger partial charge in [-0.25, -0.2) is 9.97 Å². The van der Waals surface area contributed by atoms with Gasteiger partial charge in [0, 0.05) is 45.0 Å². The van der Waals surface area contributed by atoms with E-state index in [1.54, 1.807) is 31.3 Å². The first-order valence-corrected chi connectivity index (χ1v) is 14.9. The number of methoxy groups -OCH3 is 1. The molecule has 3 heterocycles. The van der Waals surface area contributed by atoms with Gasteiger partial charge in [0.2, 0.25) is 0 Å². The quantitative estimate of drug-likeness (QED) is 0.169. The molecule has 3 aromatic heterocycles. The van der Waals surface area contributed by atoms with Crippen LogP contribution in [0.25, 0.3) is 22.3 Å². The molecule has 0 amide bonds. The Morgan fingerprint density at radius 2 is 1.70 bits per heavy atom. The number of carboxylic acids is 1. The molecule has 222 valence electrons. The van der Waals surface area contributed by atoms with Gasteiger partial charge in [-0.3, -0.25) is 9.78 Å². The highest BCUT2D eigenvalue weighted by Crippen LogP contribution is 2.45. The zero-order valence-electron chi connectivity index (χ0n) is 25.3. The molecular formula is C34H36N4O4S. The van der Waals surface area contributed by atoms with Gasteiger partial charge in [0.1, 0.15) is 18.3 Å². The highest BCUT2D eigenvalue weighted by molar-refractivity contribution is 8.00. The number of hydrogen-bond donors (Lipinski definition) is 1. The zero-order chi connectivity index (χ0) is 30.7. The molecule has 0 aliphatic rings. The van der Waals surface area contributed by atoms with Crippen molar-refractivity contribution >= 4 is 28.6 Å². The summed E-state index contributed by atoms with van der Waals surface area (Å²) in [7, 11) is 3.52. The summed E-state index contributed by atoms with van der Waals surface area (Å²) >= 11 is 1.68. The summed E-state index contributed by atoms with van der Waals surface area (Å²) in [6, 6.07) is 17.7. The van der Waals surface area contributed by atoms with Crippen LogP contribution < -0.4 is 9.47 Å². The largest absolute Gasteiger partial charge is 0.494 e. The second kappa shape index (κ2) is 12.5. The van der Waals surface area contributed by atoms with Crippen LogP contribution in [0.4, 0.5) is 0 Å². The van der Waals surface area contributed by atoms with Gasteiger partial charge in [-0.2, -0.15) is 0 Å². The Balaban J connectivity index is 1.48. The SMILES string of the molecule is COc1cnc(-c2ccc(CC(C(=O)O)c3c(SC(C)(C)C)c4cc(OCc5ccc(C)cn5)ccc4n3C)cc2)nc1. The average molecular weight is 597 g/mol. The van der Waals surface area contributed by atoms with Gasteiger partial charge in [-0.15, -0.1) is 11.8 Å². The van der Waals surface area contributed by atoms with E-state index < -0.39 is 11.9 Å². The monoisotopic (exact) mass is 596 g/mol. The van der Waals surface area contributed by atoms with Crippen molar-refractivity contribution in [3.8, 4) is 22.9 Å². The van der Waals surface area contributed by atoms with Crippen molar-refractivity contribution in [2.24, 2.45) is 7.05 Å². The van der Waals surface area contributed by atoms with Crippen molar-refractivity contribution in [2.75, 3.05) is 7.11 Å². The number of pyridine rings is 1. The van der Waals surface area contributed by atoms with E-state index in [9.17, 15) is 9.90 Å². The van der Waals surface area contributed by atoms with E-state index in [1.165, 1.54) is 0 Å². The van der Waals surface area contributed by atoms with Crippen molar-refractivity contribution < 1.29 is 19.4 Å². The van der Waals surface area contributed by atoms with Gasteiger partial charge in [-0.05, 0) is 48.7 Å². The van der Waals surface area contributed by atoms with Gasteiger partial charge in [-0.1, -0.05) is 51.1 Å². The Labute approximate surface area is 256 Å². The van der Waals surface area contributed by atoms with Crippen molar-refractivity contribution in [1.82, 2.24) is 19.5 Å². The molecule has 0 fully saturated rings. The van der Waals surface area contributed by atoms with Crippen molar-refractivity contribution in [2.45, 2.75) is 56.3 Å². The molecule has 0 saturated carbocycles. The van der Waals surface area contributed by atoms with Gasteiger partial charge in [0.15, 0.2) is 11.6 Å². The van der Waals surface area contributed by atoms with Gasteiger partial charge < -0.3 is 19.1 Å². The minimum Gasteiger partial charge on any atom is -0.494 e. The number of nitrogens with zero attached hydrogens (tertiary/aromatic N) is 4. The summed E-state index contributed by atoms with van der Waals surface area (Å²) in [4.78, 5) is 27.0. The number of thioether (sulfide) groups is 1. The van der Waals surface area contributed by atoms with Gasteiger partial charge >= 0.3 is 5.97 Å². The second-order valence-electron chi connectivity index (χ2n) is 11.5. The van der Waals surface area contributed by atoms with Crippen LogP contribution in [0.15, 0.2) is 78.1 Å².